The number of ether oxygens (including phenoxy) is 1. The molecule has 0 atom stereocenters. The minimum absolute atomic E-state index is 0.367. The molecule has 1 heterocycles. The van der Waals surface area contributed by atoms with E-state index in [2.05, 4.69) is 4.74 Å². The number of carbonyl (C=O) groups excluding carboxylic acids is 1. The number of aromatic amines is 1. The van der Waals surface area contributed by atoms with Crippen LogP contribution in [-0.4, -0.2) is 18.1 Å². The molecule has 0 fully saturated rings. The lowest BCUT2D eigenvalue weighted by molar-refractivity contribution is -0.141. The van der Waals surface area contributed by atoms with Crippen molar-refractivity contribution in [2.45, 2.75) is 6.18 Å². The summed E-state index contributed by atoms with van der Waals surface area (Å²) in [6.45, 7) is 0. The van der Waals surface area contributed by atoms with Crippen molar-refractivity contribution < 1.29 is 22.7 Å². The van der Waals surface area contributed by atoms with Crippen LogP contribution >= 0.6 is 0 Å². The summed E-state index contributed by atoms with van der Waals surface area (Å²) in [5.41, 5.74) is -2.73. The number of alkyl halides is 3. The number of nitrogens with one attached hydrogen (secondary N) is 1. The maximum absolute atomic E-state index is 12.2. The Bertz CT molecular complexity index is 435. The maximum Gasteiger partial charge on any atom is 0.431 e. The molecule has 1 aromatic rings. The van der Waals surface area contributed by atoms with Gasteiger partial charge in [0, 0.05) is 12.1 Å². The number of rotatable bonds is 1. The largest absolute Gasteiger partial charge is 0.464 e. The SMILES string of the molecule is COC(=O)c1cc(=O)cc(C(F)(F)F)[nH]1. The third-order valence-corrected chi connectivity index (χ3v) is 1.55. The van der Waals surface area contributed by atoms with Crippen LogP contribution in [0.25, 0.3) is 0 Å². The average Bonchev–Trinajstić information content (AvgIpc) is 2.14. The van der Waals surface area contributed by atoms with Gasteiger partial charge < -0.3 is 9.72 Å². The van der Waals surface area contributed by atoms with E-state index in [0.29, 0.717) is 6.07 Å². The van der Waals surface area contributed by atoms with Gasteiger partial charge in [0.2, 0.25) is 0 Å². The Balaban J connectivity index is 3.29. The Morgan fingerprint density at radius 3 is 2.47 bits per heavy atom. The quantitative estimate of drug-likeness (QED) is 0.724. The van der Waals surface area contributed by atoms with Crippen molar-refractivity contribution in [3.05, 3.63) is 33.7 Å². The predicted octanol–water partition coefficient (Wildman–Crippen LogP) is 1.18. The number of halogens is 3. The summed E-state index contributed by atoms with van der Waals surface area (Å²) in [5.74, 6) is -1.03. The van der Waals surface area contributed by atoms with Gasteiger partial charge in [0.15, 0.2) is 5.43 Å². The molecule has 1 N–H and O–H groups in total. The zero-order valence-electron chi connectivity index (χ0n) is 7.51. The van der Waals surface area contributed by atoms with Gasteiger partial charge in [-0.2, -0.15) is 13.2 Å². The van der Waals surface area contributed by atoms with Gasteiger partial charge >= 0.3 is 12.1 Å². The number of esters is 1. The first-order valence-electron chi connectivity index (χ1n) is 3.74. The lowest BCUT2D eigenvalue weighted by Gasteiger charge is -2.07. The fourth-order valence-corrected chi connectivity index (χ4v) is 0.916. The summed E-state index contributed by atoms with van der Waals surface area (Å²) in [6.07, 6.45) is -4.71. The van der Waals surface area contributed by atoms with Gasteiger partial charge in [0.05, 0.1) is 7.11 Å². The smallest absolute Gasteiger partial charge is 0.431 e. The highest BCUT2D eigenvalue weighted by Crippen LogP contribution is 2.26. The summed E-state index contributed by atoms with van der Waals surface area (Å²) in [6, 6.07) is 1.10. The molecular weight excluding hydrogens is 215 g/mol. The molecule has 1 aromatic heterocycles. The van der Waals surface area contributed by atoms with E-state index < -0.39 is 29.0 Å². The Hall–Kier alpha value is -1.79. The molecule has 0 aliphatic rings. The number of carbonyl (C=O) groups is 1. The molecule has 0 saturated heterocycles. The van der Waals surface area contributed by atoms with Crippen molar-refractivity contribution in [3.63, 3.8) is 0 Å². The van der Waals surface area contributed by atoms with E-state index in [1.54, 1.807) is 4.98 Å². The third-order valence-electron chi connectivity index (χ3n) is 1.55. The minimum atomic E-state index is -4.71. The summed E-state index contributed by atoms with van der Waals surface area (Å²) in [7, 11) is 1.00. The van der Waals surface area contributed by atoms with Crippen molar-refractivity contribution in [3.8, 4) is 0 Å². The molecule has 15 heavy (non-hydrogen) atoms. The van der Waals surface area contributed by atoms with Crippen molar-refractivity contribution in [2.24, 2.45) is 0 Å². The molecule has 0 aliphatic heterocycles. The van der Waals surface area contributed by atoms with Gasteiger partial charge in [-0.05, 0) is 0 Å². The Kier molecular flexibility index (Phi) is 2.83. The van der Waals surface area contributed by atoms with Gasteiger partial charge in [-0.25, -0.2) is 4.79 Å². The van der Waals surface area contributed by atoms with Crippen molar-refractivity contribution in [1.82, 2.24) is 4.98 Å². The number of H-pyrrole nitrogens is 1. The first-order valence-corrected chi connectivity index (χ1v) is 3.74. The van der Waals surface area contributed by atoms with E-state index >= 15 is 0 Å². The fourth-order valence-electron chi connectivity index (χ4n) is 0.916. The summed E-state index contributed by atoms with van der Waals surface area (Å²) >= 11 is 0. The molecule has 0 aliphatic carbocycles. The minimum Gasteiger partial charge on any atom is -0.464 e. The van der Waals surface area contributed by atoms with Gasteiger partial charge in [0.1, 0.15) is 11.4 Å². The van der Waals surface area contributed by atoms with Crippen LogP contribution in [0.3, 0.4) is 0 Å². The molecule has 0 bridgehead atoms. The molecule has 0 radical (unpaired) electrons. The van der Waals surface area contributed by atoms with Crippen LogP contribution in [0.15, 0.2) is 16.9 Å². The number of methoxy groups -OCH3 is 1. The van der Waals surface area contributed by atoms with Crippen molar-refractivity contribution in [2.75, 3.05) is 7.11 Å². The van der Waals surface area contributed by atoms with Crippen LogP contribution in [0.5, 0.6) is 0 Å². The summed E-state index contributed by atoms with van der Waals surface area (Å²) in [4.78, 5) is 23.5. The summed E-state index contributed by atoms with van der Waals surface area (Å²) < 4.78 is 40.8. The van der Waals surface area contributed by atoms with Crippen LogP contribution in [0.2, 0.25) is 0 Å². The second-order valence-electron chi connectivity index (χ2n) is 2.63. The zero-order chi connectivity index (χ0) is 11.6. The first-order chi connectivity index (χ1) is 6.84. The molecule has 1 rings (SSSR count). The van der Waals surface area contributed by atoms with Gasteiger partial charge in [-0.15, -0.1) is 0 Å². The maximum atomic E-state index is 12.2. The highest BCUT2D eigenvalue weighted by Gasteiger charge is 2.32. The Labute approximate surface area is 81.7 Å². The van der Waals surface area contributed by atoms with Gasteiger partial charge in [-0.3, -0.25) is 4.79 Å². The third kappa shape index (κ3) is 2.58. The normalized spacial score (nSPS) is 11.2. The van der Waals surface area contributed by atoms with E-state index in [9.17, 15) is 22.8 Å². The Morgan fingerprint density at radius 1 is 1.40 bits per heavy atom. The molecule has 7 heteroatoms. The van der Waals surface area contributed by atoms with E-state index in [1.807, 2.05) is 0 Å². The fraction of sp³-hybridized carbons (Fsp3) is 0.250. The van der Waals surface area contributed by atoms with E-state index in [-0.39, 0.29) is 0 Å². The zero-order valence-corrected chi connectivity index (χ0v) is 7.51. The van der Waals surface area contributed by atoms with Crippen LogP contribution in [0.4, 0.5) is 13.2 Å². The number of aromatic nitrogens is 1. The number of hydrogen-bond donors (Lipinski definition) is 1. The van der Waals surface area contributed by atoms with Crippen LogP contribution in [0, 0.1) is 0 Å². The molecule has 0 spiro atoms. The number of hydrogen-bond acceptors (Lipinski definition) is 3. The molecule has 82 valence electrons. The second-order valence-corrected chi connectivity index (χ2v) is 2.63. The predicted molar refractivity (Wildman–Crippen MR) is 43.4 cm³/mol. The second kappa shape index (κ2) is 3.76. The number of pyridine rings is 1. The lowest BCUT2D eigenvalue weighted by Crippen LogP contribution is -2.17. The highest BCUT2D eigenvalue weighted by molar-refractivity contribution is 5.87. The van der Waals surface area contributed by atoms with E-state index in [1.165, 1.54) is 0 Å². The molecule has 0 aromatic carbocycles. The Morgan fingerprint density at radius 2 is 2.00 bits per heavy atom. The molecule has 4 nitrogen and oxygen atoms in total. The summed E-state index contributed by atoms with van der Waals surface area (Å²) in [5, 5.41) is 0. The standard InChI is InChI=1S/C8H6F3NO3/c1-15-7(14)5-2-4(13)3-6(12-5)8(9,10)11/h2-3H,1H3,(H,12,13). The van der Waals surface area contributed by atoms with E-state index in [0.717, 1.165) is 13.2 Å². The van der Waals surface area contributed by atoms with Gasteiger partial charge in [0.25, 0.3) is 0 Å². The lowest BCUT2D eigenvalue weighted by atomic mass is 10.3. The van der Waals surface area contributed by atoms with E-state index in [4.69, 9.17) is 0 Å². The van der Waals surface area contributed by atoms with Crippen LogP contribution < -0.4 is 5.43 Å². The monoisotopic (exact) mass is 221 g/mol. The van der Waals surface area contributed by atoms with Crippen LogP contribution in [0.1, 0.15) is 16.2 Å². The first kappa shape index (κ1) is 11.3. The van der Waals surface area contributed by atoms with Crippen molar-refractivity contribution in [1.29, 1.82) is 0 Å². The molecule has 0 amide bonds. The molecular formula is C8H6F3NO3. The highest BCUT2D eigenvalue weighted by atomic mass is 19.4. The van der Waals surface area contributed by atoms with Crippen LogP contribution in [-0.2, 0) is 10.9 Å². The molecule has 0 saturated carbocycles. The topological polar surface area (TPSA) is 59.2 Å². The van der Waals surface area contributed by atoms with Gasteiger partial charge in [-0.1, -0.05) is 0 Å². The average molecular weight is 221 g/mol. The molecule has 0 unspecified atom stereocenters. The van der Waals surface area contributed by atoms with Crippen molar-refractivity contribution >= 4 is 5.97 Å².